The van der Waals surface area contributed by atoms with Crippen molar-refractivity contribution in [2.24, 2.45) is 11.8 Å². The minimum Gasteiger partial charge on any atom is -0.396 e. The molecule has 24 heavy (non-hydrogen) atoms. The van der Waals surface area contributed by atoms with Crippen molar-refractivity contribution in [3.05, 3.63) is 12.2 Å². The van der Waals surface area contributed by atoms with E-state index in [2.05, 4.69) is 13.0 Å². The predicted octanol–water partition coefficient (Wildman–Crippen LogP) is 4.80. The molecule has 0 bridgehead atoms. The highest BCUT2D eigenvalue weighted by atomic mass is 16.3. The van der Waals surface area contributed by atoms with E-state index >= 15 is 0 Å². The molecule has 3 nitrogen and oxygen atoms in total. The highest BCUT2D eigenvalue weighted by molar-refractivity contribution is 5.83. The van der Waals surface area contributed by atoms with Crippen molar-refractivity contribution in [2.75, 3.05) is 6.61 Å². The van der Waals surface area contributed by atoms with E-state index in [1.54, 1.807) is 0 Å². The van der Waals surface area contributed by atoms with Gasteiger partial charge in [0.05, 0.1) is 5.60 Å². The summed E-state index contributed by atoms with van der Waals surface area (Å²) in [6, 6.07) is 0. The first-order valence-corrected chi connectivity index (χ1v) is 10.1. The van der Waals surface area contributed by atoms with Gasteiger partial charge in [0.15, 0.2) is 0 Å². The molecular weight excluding hydrogens is 300 g/mol. The molecule has 0 aliphatic heterocycles. The summed E-state index contributed by atoms with van der Waals surface area (Å²) in [4.78, 5) is 12.2. The van der Waals surface area contributed by atoms with E-state index in [-0.39, 0.29) is 12.5 Å². The van der Waals surface area contributed by atoms with Gasteiger partial charge in [-0.25, -0.2) is 0 Å². The molecule has 3 atom stereocenters. The van der Waals surface area contributed by atoms with E-state index in [1.165, 1.54) is 0 Å². The van der Waals surface area contributed by atoms with Crippen LogP contribution in [-0.4, -0.2) is 28.2 Å². The number of rotatable bonds is 13. The Bertz CT molecular complexity index is 373. The zero-order valence-corrected chi connectivity index (χ0v) is 15.8. The van der Waals surface area contributed by atoms with E-state index < -0.39 is 5.60 Å². The molecule has 1 aliphatic rings. The van der Waals surface area contributed by atoms with E-state index in [9.17, 15) is 9.90 Å². The van der Waals surface area contributed by atoms with Gasteiger partial charge in [0, 0.05) is 18.9 Å². The molecule has 0 aromatic rings. The van der Waals surface area contributed by atoms with Crippen LogP contribution < -0.4 is 0 Å². The lowest BCUT2D eigenvalue weighted by atomic mass is 9.87. The van der Waals surface area contributed by atoms with Crippen molar-refractivity contribution < 1.29 is 15.0 Å². The lowest BCUT2D eigenvalue weighted by Gasteiger charge is -2.21. The maximum absolute atomic E-state index is 12.2. The number of carbonyl (C=O) groups excluding carboxylic acids is 1. The third kappa shape index (κ3) is 8.43. The average molecular weight is 339 g/mol. The Morgan fingerprint density at radius 1 is 1.12 bits per heavy atom. The van der Waals surface area contributed by atoms with Gasteiger partial charge in [0.25, 0.3) is 0 Å². The smallest absolute Gasteiger partial charge is 0.136 e. The number of aliphatic hydroxyl groups is 2. The molecule has 1 aliphatic carbocycles. The fourth-order valence-corrected chi connectivity index (χ4v) is 3.69. The largest absolute Gasteiger partial charge is 0.396 e. The Kier molecular flexibility index (Phi) is 10.5. The Morgan fingerprint density at radius 3 is 2.54 bits per heavy atom. The normalized spacial score (nSPS) is 23.9. The molecule has 0 radical (unpaired) electrons. The summed E-state index contributed by atoms with van der Waals surface area (Å²) in [6.45, 7) is 4.33. The highest BCUT2D eigenvalue weighted by Gasteiger charge is 2.32. The maximum atomic E-state index is 12.2. The van der Waals surface area contributed by atoms with Crippen LogP contribution in [0.5, 0.6) is 0 Å². The van der Waals surface area contributed by atoms with Gasteiger partial charge >= 0.3 is 0 Å². The van der Waals surface area contributed by atoms with Crippen LogP contribution in [0.2, 0.25) is 0 Å². The maximum Gasteiger partial charge on any atom is 0.136 e. The minimum absolute atomic E-state index is 0.158. The molecule has 3 heteroatoms. The molecule has 0 heterocycles. The van der Waals surface area contributed by atoms with Crippen LogP contribution in [0.15, 0.2) is 12.2 Å². The summed E-state index contributed by atoms with van der Waals surface area (Å²) >= 11 is 0. The molecule has 3 unspecified atom stereocenters. The zero-order chi connectivity index (χ0) is 17.8. The fraction of sp³-hybridized carbons (Fsp3) is 0.857. The van der Waals surface area contributed by atoms with E-state index in [0.29, 0.717) is 18.1 Å². The second kappa shape index (κ2) is 11.8. The van der Waals surface area contributed by atoms with Gasteiger partial charge < -0.3 is 10.2 Å². The Hall–Kier alpha value is -0.670. The summed E-state index contributed by atoms with van der Waals surface area (Å²) in [5.41, 5.74) is -0.740. The monoisotopic (exact) mass is 338 g/mol. The summed E-state index contributed by atoms with van der Waals surface area (Å²) < 4.78 is 0. The van der Waals surface area contributed by atoms with Gasteiger partial charge in [-0.3, -0.25) is 4.79 Å². The van der Waals surface area contributed by atoms with Crippen molar-refractivity contribution in [1.82, 2.24) is 0 Å². The topological polar surface area (TPSA) is 57.5 Å². The van der Waals surface area contributed by atoms with Crippen LogP contribution >= 0.6 is 0 Å². The molecule has 0 aromatic carbocycles. The number of carbonyl (C=O) groups is 1. The molecule has 0 saturated heterocycles. The first-order chi connectivity index (χ1) is 11.5. The number of hydrogen-bond donors (Lipinski definition) is 2. The second-order valence-electron chi connectivity index (χ2n) is 7.73. The minimum atomic E-state index is -0.740. The van der Waals surface area contributed by atoms with Gasteiger partial charge in [-0.15, -0.1) is 0 Å². The SMILES string of the molecule is CCCCCC(C)(O)/C=C/C1CCC(=O)C1CCCCCCCO. The van der Waals surface area contributed by atoms with E-state index in [1.807, 2.05) is 13.0 Å². The summed E-state index contributed by atoms with van der Waals surface area (Å²) in [5.74, 6) is 0.878. The van der Waals surface area contributed by atoms with Gasteiger partial charge in [-0.2, -0.15) is 0 Å². The van der Waals surface area contributed by atoms with Crippen LogP contribution in [0.1, 0.15) is 90.9 Å². The number of allylic oxidation sites excluding steroid dienone is 1. The van der Waals surface area contributed by atoms with Crippen LogP contribution in [0.25, 0.3) is 0 Å². The second-order valence-corrected chi connectivity index (χ2v) is 7.73. The Morgan fingerprint density at radius 2 is 1.83 bits per heavy atom. The van der Waals surface area contributed by atoms with Crippen molar-refractivity contribution in [3.8, 4) is 0 Å². The molecule has 140 valence electrons. The van der Waals surface area contributed by atoms with Crippen molar-refractivity contribution in [3.63, 3.8) is 0 Å². The predicted molar refractivity (Wildman–Crippen MR) is 99.9 cm³/mol. The zero-order valence-electron chi connectivity index (χ0n) is 15.8. The number of Topliss-reactive ketones (excluding diaryl/α,β-unsaturated/α-hetero) is 1. The molecule has 0 spiro atoms. The fourth-order valence-electron chi connectivity index (χ4n) is 3.69. The molecule has 1 rings (SSSR count). The third-order valence-corrected chi connectivity index (χ3v) is 5.32. The van der Waals surface area contributed by atoms with Crippen molar-refractivity contribution in [2.45, 2.75) is 96.5 Å². The summed E-state index contributed by atoms with van der Waals surface area (Å²) in [6.07, 6.45) is 16.2. The van der Waals surface area contributed by atoms with Crippen molar-refractivity contribution >= 4 is 5.78 Å². The lowest BCUT2D eigenvalue weighted by Crippen LogP contribution is -2.21. The molecule has 1 saturated carbocycles. The lowest BCUT2D eigenvalue weighted by molar-refractivity contribution is -0.121. The molecule has 0 aromatic heterocycles. The number of ketones is 1. The van der Waals surface area contributed by atoms with Crippen molar-refractivity contribution in [1.29, 1.82) is 0 Å². The van der Waals surface area contributed by atoms with Crippen LogP contribution in [0, 0.1) is 11.8 Å². The average Bonchev–Trinajstić information content (AvgIpc) is 2.89. The third-order valence-electron chi connectivity index (χ3n) is 5.32. The first kappa shape index (κ1) is 21.4. The van der Waals surface area contributed by atoms with Gasteiger partial charge in [0.2, 0.25) is 0 Å². The van der Waals surface area contributed by atoms with Crippen LogP contribution in [0.3, 0.4) is 0 Å². The number of unbranched alkanes of at least 4 members (excludes halogenated alkanes) is 6. The molecule has 0 amide bonds. The Labute approximate surface area is 148 Å². The Balaban J connectivity index is 2.39. The van der Waals surface area contributed by atoms with E-state index in [0.717, 1.165) is 70.6 Å². The van der Waals surface area contributed by atoms with Gasteiger partial charge in [-0.05, 0) is 38.5 Å². The molecule has 1 fully saturated rings. The quantitative estimate of drug-likeness (QED) is 0.374. The molecule has 2 N–H and O–H groups in total. The van der Waals surface area contributed by atoms with Gasteiger partial charge in [0.1, 0.15) is 5.78 Å². The van der Waals surface area contributed by atoms with Crippen LogP contribution in [-0.2, 0) is 4.79 Å². The first-order valence-electron chi connectivity index (χ1n) is 10.1. The van der Waals surface area contributed by atoms with Gasteiger partial charge in [-0.1, -0.05) is 64.0 Å². The van der Waals surface area contributed by atoms with E-state index in [4.69, 9.17) is 5.11 Å². The molecular formula is C21H38O3. The van der Waals surface area contributed by atoms with Crippen LogP contribution in [0.4, 0.5) is 0 Å². The number of aliphatic hydroxyl groups excluding tert-OH is 1. The number of hydrogen-bond acceptors (Lipinski definition) is 3. The highest BCUT2D eigenvalue weighted by Crippen LogP contribution is 2.34. The summed E-state index contributed by atoms with van der Waals surface area (Å²) in [7, 11) is 0. The summed E-state index contributed by atoms with van der Waals surface area (Å²) in [5, 5.41) is 19.2. The standard InChI is InChI=1S/C21H38O3/c1-3-4-9-15-21(2,24)16-14-18-12-13-20(23)19(18)11-8-6-5-7-10-17-22/h14,16,18-19,22,24H,3-13,15,17H2,1-2H3/b16-14+.